The van der Waals surface area contributed by atoms with Crippen LogP contribution in [0.25, 0.3) is 11.3 Å². The van der Waals surface area contributed by atoms with E-state index in [1.54, 1.807) is 0 Å². The lowest BCUT2D eigenvalue weighted by molar-refractivity contribution is -0.678. The van der Waals surface area contributed by atoms with E-state index < -0.39 is 0 Å². The van der Waals surface area contributed by atoms with Crippen LogP contribution in [0.2, 0.25) is 0 Å². The molecule has 0 N–H and O–H groups in total. The van der Waals surface area contributed by atoms with Crippen molar-refractivity contribution in [3.8, 4) is 11.3 Å². The molecule has 1 aromatic heterocycles. The van der Waals surface area contributed by atoms with E-state index in [1.165, 1.54) is 16.7 Å². The second-order valence-corrected chi connectivity index (χ2v) is 4.89. The van der Waals surface area contributed by atoms with Crippen LogP contribution in [-0.2, 0) is 6.54 Å². The van der Waals surface area contributed by atoms with Gasteiger partial charge in [-0.25, -0.2) is 0 Å². The number of aromatic nitrogens is 2. The fourth-order valence-corrected chi connectivity index (χ4v) is 2.39. The van der Waals surface area contributed by atoms with Gasteiger partial charge in [-0.05, 0) is 18.6 Å². The summed E-state index contributed by atoms with van der Waals surface area (Å²) < 4.78 is 2.24. The van der Waals surface area contributed by atoms with Gasteiger partial charge in [-0.1, -0.05) is 48.5 Å². The maximum Gasteiger partial charge on any atom is 0.231 e. The molecular formula is C18H17N2+. The van der Waals surface area contributed by atoms with Crippen molar-refractivity contribution in [2.24, 2.45) is 0 Å². The summed E-state index contributed by atoms with van der Waals surface area (Å²) in [5.41, 5.74) is 4.94. The van der Waals surface area contributed by atoms with Crippen molar-refractivity contribution in [2.75, 3.05) is 0 Å². The van der Waals surface area contributed by atoms with Crippen molar-refractivity contribution < 1.29 is 4.57 Å². The summed E-state index contributed by atoms with van der Waals surface area (Å²) in [5, 5.41) is 0. The maximum absolute atomic E-state index is 4.28. The zero-order valence-electron chi connectivity index (χ0n) is 11.5. The Kier molecular flexibility index (Phi) is 3.55. The number of hydrogen-bond acceptors (Lipinski definition) is 1. The van der Waals surface area contributed by atoms with Crippen LogP contribution in [0, 0.1) is 6.92 Å². The molecule has 0 saturated carbocycles. The van der Waals surface area contributed by atoms with E-state index in [2.05, 4.69) is 65.0 Å². The van der Waals surface area contributed by atoms with Gasteiger partial charge in [-0.3, -0.25) is 4.98 Å². The van der Waals surface area contributed by atoms with Gasteiger partial charge in [0.15, 0.2) is 12.7 Å². The first-order chi connectivity index (χ1) is 9.84. The Bertz CT molecular complexity index is 705. The Morgan fingerprint density at radius 3 is 2.50 bits per heavy atom. The number of nitrogens with zero attached hydrogens (tertiary/aromatic N) is 2. The summed E-state index contributed by atoms with van der Waals surface area (Å²) in [7, 11) is 0. The molecule has 0 amide bonds. The van der Waals surface area contributed by atoms with Crippen LogP contribution in [0.5, 0.6) is 0 Å². The van der Waals surface area contributed by atoms with E-state index in [0.29, 0.717) is 0 Å². The Labute approximate surface area is 119 Å². The van der Waals surface area contributed by atoms with Crippen LogP contribution < -0.4 is 4.57 Å². The van der Waals surface area contributed by atoms with Crippen LogP contribution in [0.4, 0.5) is 0 Å². The quantitative estimate of drug-likeness (QED) is 0.660. The number of rotatable bonds is 3. The topological polar surface area (TPSA) is 16.8 Å². The Hall–Kier alpha value is -2.48. The molecule has 98 valence electrons. The highest BCUT2D eigenvalue weighted by molar-refractivity contribution is 5.59. The first-order valence-corrected chi connectivity index (χ1v) is 6.78. The first kappa shape index (κ1) is 12.5. The first-order valence-electron chi connectivity index (χ1n) is 6.78. The average Bonchev–Trinajstić information content (AvgIpc) is 2.50. The zero-order valence-corrected chi connectivity index (χ0v) is 11.5. The lowest BCUT2D eigenvalue weighted by Gasteiger charge is -2.06. The number of aryl methyl sites for hydroxylation is 1. The van der Waals surface area contributed by atoms with Crippen LogP contribution in [0.15, 0.2) is 73.2 Å². The van der Waals surface area contributed by atoms with Crippen molar-refractivity contribution in [1.29, 1.82) is 0 Å². The zero-order chi connectivity index (χ0) is 13.8. The molecule has 0 aliphatic heterocycles. The molecule has 1 heterocycles. The van der Waals surface area contributed by atoms with Gasteiger partial charge in [0.25, 0.3) is 0 Å². The molecule has 2 nitrogen and oxygen atoms in total. The smallest absolute Gasteiger partial charge is 0.231 e. The Morgan fingerprint density at radius 2 is 1.70 bits per heavy atom. The van der Waals surface area contributed by atoms with Crippen molar-refractivity contribution in [3.05, 3.63) is 84.3 Å². The van der Waals surface area contributed by atoms with Gasteiger partial charge in [-0.15, -0.1) is 0 Å². The molecule has 0 unspecified atom stereocenters. The summed E-state index contributed by atoms with van der Waals surface area (Å²) in [6.45, 7) is 2.99. The van der Waals surface area contributed by atoms with E-state index in [1.807, 2.05) is 24.7 Å². The second-order valence-electron chi connectivity index (χ2n) is 4.89. The van der Waals surface area contributed by atoms with E-state index >= 15 is 0 Å². The summed E-state index contributed by atoms with van der Waals surface area (Å²) in [6, 6.07) is 18.9. The molecule has 0 bridgehead atoms. The highest BCUT2D eigenvalue weighted by Gasteiger charge is 2.14. The van der Waals surface area contributed by atoms with Gasteiger partial charge >= 0.3 is 0 Å². The fourth-order valence-electron chi connectivity index (χ4n) is 2.39. The molecule has 2 aromatic carbocycles. The van der Waals surface area contributed by atoms with E-state index in [-0.39, 0.29) is 0 Å². The Balaban J connectivity index is 2.03. The van der Waals surface area contributed by atoms with Crippen LogP contribution in [-0.4, -0.2) is 4.98 Å². The maximum atomic E-state index is 4.28. The third-order valence-electron chi connectivity index (χ3n) is 3.46. The Morgan fingerprint density at radius 1 is 0.950 bits per heavy atom. The van der Waals surface area contributed by atoms with Gasteiger partial charge < -0.3 is 0 Å². The van der Waals surface area contributed by atoms with Gasteiger partial charge in [-0.2, -0.15) is 4.57 Å². The predicted octanol–water partition coefficient (Wildman–Crippen LogP) is 3.39. The molecule has 3 aromatic rings. The third kappa shape index (κ3) is 2.59. The molecule has 0 aliphatic rings. The fraction of sp³-hybridized carbons (Fsp3) is 0.111. The SMILES string of the molecule is Cc1ccccc1-c1cncc[n+]1Cc1ccccc1. The predicted molar refractivity (Wildman–Crippen MR) is 80.1 cm³/mol. The van der Waals surface area contributed by atoms with Crippen molar-refractivity contribution in [3.63, 3.8) is 0 Å². The van der Waals surface area contributed by atoms with Crippen LogP contribution in [0.3, 0.4) is 0 Å². The summed E-state index contributed by atoms with van der Waals surface area (Å²) >= 11 is 0. The van der Waals surface area contributed by atoms with Gasteiger partial charge in [0.05, 0.1) is 18.0 Å². The minimum absolute atomic E-state index is 0.854. The standard InChI is InChI=1S/C18H17N2/c1-15-7-5-6-10-17(15)18-13-19-11-12-20(18)14-16-8-3-2-4-9-16/h2-13H,14H2,1H3/q+1. The van der Waals surface area contributed by atoms with Gasteiger partial charge in [0, 0.05) is 5.56 Å². The molecule has 20 heavy (non-hydrogen) atoms. The third-order valence-corrected chi connectivity index (χ3v) is 3.46. The van der Waals surface area contributed by atoms with E-state index in [4.69, 9.17) is 0 Å². The molecule has 0 fully saturated rings. The van der Waals surface area contributed by atoms with Gasteiger partial charge in [0.1, 0.15) is 0 Å². The van der Waals surface area contributed by atoms with E-state index in [0.717, 1.165) is 12.2 Å². The molecule has 0 aliphatic carbocycles. The second kappa shape index (κ2) is 5.66. The molecule has 2 heteroatoms. The summed E-state index contributed by atoms with van der Waals surface area (Å²) in [5.74, 6) is 0. The van der Waals surface area contributed by atoms with Crippen molar-refractivity contribution >= 4 is 0 Å². The van der Waals surface area contributed by atoms with Crippen LogP contribution in [0.1, 0.15) is 11.1 Å². The number of hydrogen-bond donors (Lipinski definition) is 0. The lowest BCUT2D eigenvalue weighted by Crippen LogP contribution is -2.36. The summed E-state index contributed by atoms with van der Waals surface area (Å²) in [6.07, 6.45) is 5.81. The molecule has 3 rings (SSSR count). The summed E-state index contributed by atoms with van der Waals surface area (Å²) in [4.78, 5) is 4.28. The van der Waals surface area contributed by atoms with Crippen molar-refractivity contribution in [2.45, 2.75) is 13.5 Å². The molecule has 0 atom stereocenters. The average molecular weight is 261 g/mol. The molecule has 0 radical (unpaired) electrons. The van der Waals surface area contributed by atoms with Crippen LogP contribution >= 0.6 is 0 Å². The lowest BCUT2D eigenvalue weighted by atomic mass is 10.1. The van der Waals surface area contributed by atoms with Crippen molar-refractivity contribution in [1.82, 2.24) is 4.98 Å². The monoisotopic (exact) mass is 261 g/mol. The number of benzene rings is 2. The van der Waals surface area contributed by atoms with E-state index in [9.17, 15) is 0 Å². The molecular weight excluding hydrogens is 244 g/mol. The molecule has 0 saturated heterocycles. The minimum Gasteiger partial charge on any atom is -0.252 e. The highest BCUT2D eigenvalue weighted by Crippen LogP contribution is 2.18. The largest absolute Gasteiger partial charge is 0.252 e. The highest BCUT2D eigenvalue weighted by atomic mass is 15.0. The van der Waals surface area contributed by atoms with Gasteiger partial charge in [0.2, 0.25) is 5.69 Å². The minimum atomic E-state index is 0.854. The normalized spacial score (nSPS) is 10.4. The molecule has 0 spiro atoms.